The molecule has 1 N–H and O–H groups in total. The van der Waals surface area contributed by atoms with Crippen LogP contribution in [0.5, 0.6) is 0 Å². The Labute approximate surface area is 149 Å². The first kappa shape index (κ1) is 18.5. The summed E-state index contributed by atoms with van der Waals surface area (Å²) in [5.74, 6) is 0.510. The third-order valence-electron chi connectivity index (χ3n) is 4.17. The number of carbonyl (C=O) groups excluding carboxylic acids is 1. The van der Waals surface area contributed by atoms with Gasteiger partial charge in [-0.3, -0.25) is 10.3 Å². The van der Waals surface area contributed by atoms with Crippen LogP contribution in [0.4, 0.5) is 4.79 Å². The average Bonchev–Trinajstić information content (AvgIpc) is 2.99. The topological polar surface area (TPSA) is 53.9 Å². The molecular weight excluding hydrogens is 314 g/mol. The van der Waals surface area contributed by atoms with Crippen molar-refractivity contribution in [2.45, 2.75) is 18.9 Å². The maximum atomic E-state index is 11.6. The molecule has 0 fully saturated rings. The van der Waals surface area contributed by atoms with Crippen LogP contribution in [-0.4, -0.2) is 37.2 Å². The normalized spacial score (nSPS) is 16.1. The van der Waals surface area contributed by atoms with Crippen LogP contribution in [0.15, 0.2) is 61.2 Å². The van der Waals surface area contributed by atoms with E-state index in [4.69, 9.17) is 0 Å². The monoisotopic (exact) mass is 339 g/mol. The van der Waals surface area contributed by atoms with Gasteiger partial charge in [-0.1, -0.05) is 36.4 Å². The molecule has 0 aliphatic carbocycles. The number of ether oxygens (including phenoxy) is 1. The van der Waals surface area contributed by atoms with Crippen molar-refractivity contribution in [3.05, 3.63) is 72.9 Å². The molecule has 1 aromatic rings. The minimum absolute atomic E-state index is 0.0323. The minimum atomic E-state index is -0.528. The van der Waals surface area contributed by atoms with Crippen molar-refractivity contribution in [3.63, 3.8) is 0 Å². The lowest BCUT2D eigenvalue weighted by molar-refractivity contribution is 0.175. The van der Waals surface area contributed by atoms with Gasteiger partial charge in [-0.25, -0.2) is 4.79 Å². The SMILES string of the molecule is C=CCc1cccc(C2CN=C(NC(=O)OC)N2CC=C)c1CC=C. The summed E-state index contributed by atoms with van der Waals surface area (Å²) in [6.07, 6.45) is 6.67. The van der Waals surface area contributed by atoms with Gasteiger partial charge < -0.3 is 9.64 Å². The van der Waals surface area contributed by atoms with Crippen molar-refractivity contribution in [1.82, 2.24) is 10.2 Å². The fourth-order valence-electron chi connectivity index (χ4n) is 3.09. The van der Waals surface area contributed by atoms with Gasteiger partial charge in [0.05, 0.1) is 19.7 Å². The van der Waals surface area contributed by atoms with E-state index in [9.17, 15) is 4.79 Å². The fraction of sp³-hybridized carbons (Fsp3) is 0.300. The maximum Gasteiger partial charge on any atom is 0.413 e. The Morgan fingerprint density at radius 3 is 2.72 bits per heavy atom. The highest BCUT2D eigenvalue weighted by atomic mass is 16.5. The van der Waals surface area contributed by atoms with E-state index in [1.807, 2.05) is 17.1 Å². The molecule has 0 radical (unpaired) electrons. The number of rotatable bonds is 7. The lowest BCUT2D eigenvalue weighted by Gasteiger charge is -2.29. The fourth-order valence-corrected chi connectivity index (χ4v) is 3.09. The molecule has 2 rings (SSSR count). The zero-order chi connectivity index (χ0) is 18.2. The molecule has 0 saturated carbocycles. The van der Waals surface area contributed by atoms with E-state index in [0.717, 1.165) is 12.8 Å². The van der Waals surface area contributed by atoms with Crippen molar-refractivity contribution in [2.75, 3.05) is 20.2 Å². The Morgan fingerprint density at radius 2 is 2.08 bits per heavy atom. The number of carbonyl (C=O) groups is 1. The van der Waals surface area contributed by atoms with Gasteiger partial charge >= 0.3 is 6.09 Å². The van der Waals surface area contributed by atoms with Crippen LogP contribution in [0.25, 0.3) is 0 Å². The molecule has 0 spiro atoms. The predicted octanol–water partition coefficient (Wildman–Crippen LogP) is 3.40. The highest BCUT2D eigenvalue weighted by Crippen LogP contribution is 2.31. The molecule has 1 aromatic carbocycles. The van der Waals surface area contributed by atoms with Crippen LogP contribution in [-0.2, 0) is 17.6 Å². The molecular formula is C20H25N3O2. The number of alkyl carbamates (subject to hydrolysis) is 1. The van der Waals surface area contributed by atoms with E-state index in [2.05, 4.69) is 53.0 Å². The molecule has 1 aliphatic rings. The molecule has 1 unspecified atom stereocenters. The van der Waals surface area contributed by atoms with E-state index < -0.39 is 6.09 Å². The van der Waals surface area contributed by atoms with E-state index >= 15 is 0 Å². The van der Waals surface area contributed by atoms with Gasteiger partial charge in [0.15, 0.2) is 0 Å². The van der Waals surface area contributed by atoms with Crippen LogP contribution in [0.2, 0.25) is 0 Å². The first-order chi connectivity index (χ1) is 12.2. The third-order valence-corrected chi connectivity index (χ3v) is 4.17. The standard InChI is InChI=1S/C20H25N3O2/c1-5-9-15-11-8-12-17(16(15)10-6-2)18-14-21-19(22-20(24)25-4)23(18)13-7-3/h5-8,11-12,18H,1-3,9-10,13-14H2,4H3,(H,21,22,24). The number of amides is 1. The number of guanidine groups is 1. The number of nitrogens with zero attached hydrogens (tertiary/aromatic N) is 2. The lowest BCUT2D eigenvalue weighted by atomic mass is 9.91. The summed E-state index contributed by atoms with van der Waals surface area (Å²) in [5, 5.41) is 2.69. The van der Waals surface area contributed by atoms with Crippen LogP contribution >= 0.6 is 0 Å². The van der Waals surface area contributed by atoms with Gasteiger partial charge in [-0.15, -0.1) is 19.7 Å². The molecule has 5 nitrogen and oxygen atoms in total. The van der Waals surface area contributed by atoms with Crippen LogP contribution in [0.3, 0.4) is 0 Å². The smallest absolute Gasteiger partial charge is 0.413 e. The summed E-state index contributed by atoms with van der Waals surface area (Å²) in [6.45, 7) is 12.7. The van der Waals surface area contributed by atoms with E-state index in [1.165, 1.54) is 23.8 Å². The Morgan fingerprint density at radius 1 is 1.32 bits per heavy atom. The third kappa shape index (κ3) is 4.18. The molecule has 1 aliphatic heterocycles. The first-order valence-corrected chi connectivity index (χ1v) is 8.25. The second-order valence-electron chi connectivity index (χ2n) is 5.71. The van der Waals surface area contributed by atoms with Crippen LogP contribution < -0.4 is 5.32 Å². The molecule has 1 amide bonds. The largest absolute Gasteiger partial charge is 0.453 e. The van der Waals surface area contributed by atoms with Crippen molar-refractivity contribution in [2.24, 2.45) is 4.99 Å². The van der Waals surface area contributed by atoms with Gasteiger partial charge in [0.2, 0.25) is 5.96 Å². The molecule has 25 heavy (non-hydrogen) atoms. The molecule has 132 valence electrons. The Balaban J connectivity index is 2.38. The molecule has 5 heteroatoms. The molecule has 0 saturated heterocycles. The van der Waals surface area contributed by atoms with Crippen LogP contribution in [0.1, 0.15) is 22.7 Å². The summed E-state index contributed by atoms with van der Waals surface area (Å²) in [6, 6.07) is 6.32. The predicted molar refractivity (Wildman–Crippen MR) is 102 cm³/mol. The van der Waals surface area contributed by atoms with Gasteiger partial charge in [-0.2, -0.15) is 0 Å². The van der Waals surface area contributed by atoms with Crippen molar-refractivity contribution in [3.8, 4) is 0 Å². The molecule has 1 atom stereocenters. The van der Waals surface area contributed by atoms with E-state index in [-0.39, 0.29) is 6.04 Å². The number of allylic oxidation sites excluding steroid dienone is 2. The second kappa shape index (κ2) is 8.87. The second-order valence-corrected chi connectivity index (χ2v) is 5.71. The van der Waals surface area contributed by atoms with Crippen LogP contribution in [0, 0.1) is 0 Å². The number of hydrogen-bond donors (Lipinski definition) is 1. The van der Waals surface area contributed by atoms with Gasteiger partial charge in [-0.05, 0) is 29.5 Å². The molecule has 0 bridgehead atoms. The summed E-state index contributed by atoms with van der Waals surface area (Å²) < 4.78 is 4.69. The van der Waals surface area contributed by atoms with E-state index in [1.54, 1.807) is 6.08 Å². The quantitative estimate of drug-likeness (QED) is 0.775. The maximum absolute atomic E-state index is 11.6. The lowest BCUT2D eigenvalue weighted by Crippen LogP contribution is -2.43. The zero-order valence-corrected chi connectivity index (χ0v) is 14.7. The summed E-state index contributed by atoms with van der Waals surface area (Å²) in [5.41, 5.74) is 3.66. The summed E-state index contributed by atoms with van der Waals surface area (Å²) >= 11 is 0. The van der Waals surface area contributed by atoms with Gasteiger partial charge in [0, 0.05) is 6.54 Å². The van der Waals surface area contributed by atoms with Crippen molar-refractivity contribution >= 4 is 12.1 Å². The van der Waals surface area contributed by atoms with E-state index in [0.29, 0.717) is 19.0 Å². The zero-order valence-electron chi connectivity index (χ0n) is 14.7. The number of methoxy groups -OCH3 is 1. The number of hydrogen-bond acceptors (Lipinski definition) is 4. The number of benzene rings is 1. The summed E-state index contributed by atoms with van der Waals surface area (Å²) in [4.78, 5) is 18.1. The first-order valence-electron chi connectivity index (χ1n) is 8.25. The Bertz CT molecular complexity index is 694. The highest BCUT2D eigenvalue weighted by Gasteiger charge is 2.31. The number of nitrogens with one attached hydrogen (secondary N) is 1. The molecule has 1 heterocycles. The molecule has 0 aromatic heterocycles. The van der Waals surface area contributed by atoms with Gasteiger partial charge in [0.1, 0.15) is 0 Å². The summed E-state index contributed by atoms with van der Waals surface area (Å²) in [7, 11) is 1.33. The van der Waals surface area contributed by atoms with Crippen molar-refractivity contribution < 1.29 is 9.53 Å². The number of aliphatic imine (C=N–C) groups is 1. The minimum Gasteiger partial charge on any atom is -0.453 e. The highest BCUT2D eigenvalue weighted by molar-refractivity contribution is 5.95. The van der Waals surface area contributed by atoms with Gasteiger partial charge in [0.25, 0.3) is 0 Å². The Hall–Kier alpha value is -2.82. The Kier molecular flexibility index (Phi) is 6.57. The van der Waals surface area contributed by atoms with Crippen molar-refractivity contribution in [1.29, 1.82) is 0 Å². The average molecular weight is 339 g/mol.